The van der Waals surface area contributed by atoms with E-state index >= 15 is 0 Å². The Balaban J connectivity index is 0.000000202. The van der Waals surface area contributed by atoms with Crippen LogP contribution in [0.2, 0.25) is 0 Å². The number of aliphatic hydroxyl groups excluding tert-OH is 3. The van der Waals surface area contributed by atoms with Crippen LogP contribution in [0.25, 0.3) is 11.2 Å². The van der Waals surface area contributed by atoms with Crippen LogP contribution in [0.4, 0.5) is 5.82 Å². The van der Waals surface area contributed by atoms with Gasteiger partial charge < -0.3 is 46.5 Å². The second-order valence-electron chi connectivity index (χ2n) is 9.19. The second-order valence-corrected chi connectivity index (χ2v) is 13.8. The number of aliphatic carboxylic acids is 1. The molecule has 4 aromatic rings. The van der Waals surface area contributed by atoms with Gasteiger partial charge in [-0.1, -0.05) is 0 Å². The smallest absolute Gasteiger partial charge is 0.320 e. The summed E-state index contributed by atoms with van der Waals surface area (Å²) in [5.74, 6) is 0.767. The molecule has 5 rings (SSSR count). The molecule has 9 N–H and O–H groups in total. The predicted octanol–water partition coefficient (Wildman–Crippen LogP) is 2.58. The molecule has 5 atom stereocenters. The number of nitrogens with two attached hydrogens (primary N) is 2. The average Bonchev–Trinajstić information content (AvgIpc) is 3.50. The van der Waals surface area contributed by atoms with E-state index in [1.807, 2.05) is 12.1 Å². The molecule has 1 saturated heterocycles. The van der Waals surface area contributed by atoms with Gasteiger partial charge in [0.15, 0.2) is 23.4 Å². The Labute approximate surface area is 298 Å². The summed E-state index contributed by atoms with van der Waals surface area (Å²) >= 11 is 8.42. The number of phenols is 1. The molecule has 14 nitrogen and oxygen atoms in total. The topological polar surface area (TPSA) is 232 Å². The van der Waals surface area contributed by atoms with Crippen molar-refractivity contribution in [3.63, 3.8) is 0 Å². The van der Waals surface area contributed by atoms with E-state index in [2.05, 4.69) is 105 Å². The number of phenolic OH excluding ortho intramolecular Hbond substituents is 1. The molecule has 1 fully saturated rings. The first-order valence-corrected chi connectivity index (χ1v) is 16.5. The van der Waals surface area contributed by atoms with Gasteiger partial charge in [0.25, 0.3) is 0 Å². The number of hydrogen-bond acceptors (Lipinski definition) is 12. The number of carboxylic acids is 1. The van der Waals surface area contributed by atoms with Crippen molar-refractivity contribution in [3.8, 4) is 17.2 Å². The molecule has 18 heteroatoms. The van der Waals surface area contributed by atoms with Gasteiger partial charge in [-0.15, -0.1) is 0 Å². The molecular weight excluding hydrogens is 1020 g/mol. The van der Waals surface area contributed by atoms with Crippen molar-refractivity contribution >= 4 is 113 Å². The highest BCUT2D eigenvalue weighted by Crippen LogP contribution is 2.37. The summed E-state index contributed by atoms with van der Waals surface area (Å²) in [5, 5.41) is 47.5. The molecule has 43 heavy (non-hydrogen) atoms. The number of imidazole rings is 1. The number of anilines is 1. The number of carbonyl (C=O) groups is 1. The van der Waals surface area contributed by atoms with E-state index in [4.69, 9.17) is 31.2 Å². The van der Waals surface area contributed by atoms with Crippen molar-refractivity contribution in [1.82, 2.24) is 19.5 Å². The fourth-order valence-corrected chi connectivity index (χ4v) is 7.88. The average molecular weight is 1040 g/mol. The zero-order valence-electron chi connectivity index (χ0n) is 21.7. The van der Waals surface area contributed by atoms with Crippen molar-refractivity contribution in [2.45, 2.75) is 37.0 Å². The monoisotopic (exact) mass is 1040 g/mol. The molecule has 0 spiro atoms. The summed E-state index contributed by atoms with van der Waals surface area (Å²) in [6.45, 7) is -0.390. The van der Waals surface area contributed by atoms with E-state index in [1.165, 1.54) is 17.2 Å². The standard InChI is InChI=1S/C15H11I4NO4.C10H13N5O4/c16-8-4-7(5-9(17)13(8)21)24-14-10(18)1-6(2-11(14)19)3-12(20)15(22)23;11-8-5-9(13-2-12-8)15(3-14-5)10-7(18)6(17)4(1-16)19-10/h1-2,4-5,12,21H,3,20H2,(H,22,23);2-4,6-7,10,16-18H,1H2,(H2,11,12,13)/t12-;4-,6-,7-,10-/m01/s1. The van der Waals surface area contributed by atoms with E-state index in [0.717, 1.165) is 12.7 Å². The van der Waals surface area contributed by atoms with Crippen LogP contribution in [0, 0.1) is 14.3 Å². The molecule has 0 unspecified atom stereocenters. The third-order valence-electron chi connectivity index (χ3n) is 6.22. The van der Waals surface area contributed by atoms with Gasteiger partial charge in [0.05, 0.1) is 27.2 Å². The Morgan fingerprint density at radius 3 is 2.21 bits per heavy atom. The highest BCUT2D eigenvalue weighted by atomic mass is 127. The number of nitrogens with zero attached hydrogens (tertiary/aromatic N) is 4. The van der Waals surface area contributed by atoms with Crippen LogP contribution in [0.3, 0.4) is 0 Å². The van der Waals surface area contributed by atoms with Crippen LogP contribution in [-0.2, 0) is 16.0 Å². The van der Waals surface area contributed by atoms with E-state index in [9.17, 15) is 20.1 Å². The number of benzene rings is 2. The summed E-state index contributed by atoms with van der Waals surface area (Å²) in [6.07, 6.45) is -1.16. The molecule has 0 saturated carbocycles. The molecule has 2 aromatic heterocycles. The Morgan fingerprint density at radius 1 is 1.02 bits per heavy atom. The van der Waals surface area contributed by atoms with Crippen LogP contribution in [0.1, 0.15) is 11.8 Å². The number of carboxylic acid groups (broad SMARTS) is 1. The molecule has 230 valence electrons. The molecule has 1 aliphatic rings. The van der Waals surface area contributed by atoms with Crippen LogP contribution >= 0.6 is 90.4 Å². The van der Waals surface area contributed by atoms with E-state index in [1.54, 1.807) is 12.1 Å². The lowest BCUT2D eigenvalue weighted by molar-refractivity contribution is -0.138. The number of aromatic nitrogens is 4. The molecule has 0 aliphatic carbocycles. The van der Waals surface area contributed by atoms with E-state index in [0.29, 0.717) is 29.8 Å². The molecule has 0 amide bonds. The van der Waals surface area contributed by atoms with Gasteiger partial charge in [-0.25, -0.2) is 15.0 Å². The summed E-state index contributed by atoms with van der Waals surface area (Å²) in [4.78, 5) is 22.8. The molecule has 0 bridgehead atoms. The molecular formula is C25H24I4N6O8. The number of fused-ring (bicyclic) bond motifs is 1. The second kappa shape index (κ2) is 14.8. The van der Waals surface area contributed by atoms with Gasteiger partial charge in [-0.2, -0.15) is 0 Å². The number of ether oxygens (including phenoxy) is 2. The number of aromatic hydroxyl groups is 1. The number of nitrogen functional groups attached to an aromatic ring is 1. The van der Waals surface area contributed by atoms with Crippen molar-refractivity contribution in [2.24, 2.45) is 5.73 Å². The molecule has 0 radical (unpaired) electrons. The Bertz CT molecular complexity index is 1600. The lowest BCUT2D eigenvalue weighted by Gasteiger charge is -2.16. The number of hydrogen-bond donors (Lipinski definition) is 7. The first-order chi connectivity index (χ1) is 20.3. The lowest BCUT2D eigenvalue weighted by atomic mass is 10.1. The number of halogens is 4. The van der Waals surface area contributed by atoms with Gasteiger partial charge in [0.2, 0.25) is 0 Å². The van der Waals surface area contributed by atoms with E-state index in [-0.39, 0.29) is 18.0 Å². The summed E-state index contributed by atoms with van der Waals surface area (Å²) in [7, 11) is 0. The minimum Gasteiger partial charge on any atom is -0.506 e. The highest BCUT2D eigenvalue weighted by Gasteiger charge is 2.44. The molecule has 1 aliphatic heterocycles. The molecule has 3 heterocycles. The first-order valence-electron chi connectivity index (χ1n) is 12.2. The lowest BCUT2D eigenvalue weighted by Crippen LogP contribution is -2.33. The van der Waals surface area contributed by atoms with Gasteiger partial charge in [-0.05, 0) is 127 Å². The SMILES string of the molecule is N[C@@H](Cc1cc(I)c(Oc2cc(I)c(O)c(I)c2)c(I)c1)C(=O)O.Nc1ncnc2c1ncn2[C@@H]1O[C@H](CO)[C@@H](O)[C@H]1O. The third kappa shape index (κ3) is 7.87. The maximum absolute atomic E-state index is 10.9. The van der Waals surface area contributed by atoms with Gasteiger partial charge in [0.1, 0.15) is 47.7 Å². The largest absolute Gasteiger partial charge is 0.506 e. The Morgan fingerprint density at radius 2 is 1.65 bits per heavy atom. The zero-order valence-corrected chi connectivity index (χ0v) is 30.3. The van der Waals surface area contributed by atoms with Crippen molar-refractivity contribution in [3.05, 3.63) is 56.8 Å². The van der Waals surface area contributed by atoms with Crippen molar-refractivity contribution < 1.29 is 39.8 Å². The summed E-state index contributed by atoms with van der Waals surface area (Å²) < 4.78 is 16.0. The van der Waals surface area contributed by atoms with Crippen LogP contribution in [0.15, 0.2) is 36.9 Å². The highest BCUT2D eigenvalue weighted by molar-refractivity contribution is 14.1. The maximum atomic E-state index is 10.9. The predicted molar refractivity (Wildman–Crippen MR) is 188 cm³/mol. The summed E-state index contributed by atoms with van der Waals surface area (Å²) in [5.41, 5.74) is 12.9. The number of rotatable bonds is 7. The number of aliphatic hydroxyl groups is 3. The fraction of sp³-hybridized carbons (Fsp3) is 0.280. The minimum absolute atomic E-state index is 0.218. The summed E-state index contributed by atoms with van der Waals surface area (Å²) in [6, 6.07) is 6.34. The normalized spacial score (nSPS) is 20.5. The van der Waals surface area contributed by atoms with E-state index < -0.39 is 43.2 Å². The third-order valence-corrected chi connectivity index (χ3v) is 9.47. The Kier molecular flexibility index (Phi) is 11.8. The van der Waals surface area contributed by atoms with Gasteiger partial charge >= 0.3 is 5.97 Å². The van der Waals surface area contributed by atoms with Crippen LogP contribution in [-0.4, -0.2) is 82.0 Å². The fourth-order valence-electron chi connectivity index (χ4n) is 4.05. The van der Waals surface area contributed by atoms with Gasteiger partial charge in [-0.3, -0.25) is 9.36 Å². The quantitative estimate of drug-likeness (QED) is 0.132. The zero-order chi connectivity index (χ0) is 31.6. The van der Waals surface area contributed by atoms with Crippen LogP contribution in [0.5, 0.6) is 17.2 Å². The van der Waals surface area contributed by atoms with Crippen molar-refractivity contribution in [1.29, 1.82) is 0 Å². The Hall–Kier alpha value is -1.42. The van der Waals surface area contributed by atoms with Crippen molar-refractivity contribution in [2.75, 3.05) is 12.3 Å². The first kappa shape index (κ1) is 34.5. The van der Waals surface area contributed by atoms with Crippen LogP contribution < -0.4 is 16.2 Å². The minimum atomic E-state index is -1.19. The van der Waals surface area contributed by atoms with Gasteiger partial charge in [0, 0.05) is 0 Å². The molecule has 2 aromatic carbocycles. The maximum Gasteiger partial charge on any atom is 0.320 e.